The first-order valence-electron chi connectivity index (χ1n) is 15.9. The molecule has 0 bridgehead atoms. The fraction of sp³-hybridized carbons (Fsp3) is 0.211. The lowest BCUT2D eigenvalue weighted by Crippen LogP contribution is -2.41. The van der Waals surface area contributed by atoms with Crippen molar-refractivity contribution >= 4 is 22.9 Å². The van der Waals surface area contributed by atoms with Crippen molar-refractivity contribution in [2.75, 3.05) is 19.5 Å². The topological polar surface area (TPSA) is 141 Å². The van der Waals surface area contributed by atoms with Crippen molar-refractivity contribution in [2.45, 2.75) is 36.4 Å². The Balaban J connectivity index is 1.27. The molecule has 2 heterocycles. The van der Waals surface area contributed by atoms with E-state index in [0.29, 0.717) is 28.2 Å². The Morgan fingerprint density at radius 2 is 1.33 bits per heavy atom. The normalized spacial score (nSPS) is 19.1. The zero-order valence-electron chi connectivity index (χ0n) is 26.9. The molecule has 0 unspecified atom stereocenters. The van der Waals surface area contributed by atoms with Gasteiger partial charge in [-0.3, -0.25) is 4.79 Å². The number of nitrogens with one attached hydrogen (secondary N) is 1. The van der Waals surface area contributed by atoms with Crippen LogP contribution in [0.5, 0.6) is 11.5 Å². The minimum atomic E-state index is -1.26. The number of anilines is 1. The summed E-state index contributed by atoms with van der Waals surface area (Å²) in [5.41, 5.74) is 2.45. The number of imidazole rings is 1. The van der Waals surface area contributed by atoms with E-state index in [1.807, 2.05) is 84.9 Å². The number of methoxy groups -OCH3 is 2. The number of fused-ring (bicyclic) bond motifs is 1. The Morgan fingerprint density at radius 3 is 1.92 bits per heavy atom. The predicted molar refractivity (Wildman–Crippen MR) is 183 cm³/mol. The van der Waals surface area contributed by atoms with E-state index in [0.717, 1.165) is 16.7 Å². The summed E-state index contributed by atoms with van der Waals surface area (Å²) >= 11 is 0. The van der Waals surface area contributed by atoms with E-state index in [-0.39, 0.29) is 18.1 Å². The maximum absolute atomic E-state index is 12.9. The molecular formula is C38H35N5O6. The minimum absolute atomic E-state index is 0.227. The van der Waals surface area contributed by atoms with Crippen molar-refractivity contribution < 1.29 is 29.2 Å². The number of benzene rings is 4. The molecule has 6 aromatic rings. The highest BCUT2D eigenvalue weighted by molar-refractivity contribution is 6.06. The van der Waals surface area contributed by atoms with Crippen molar-refractivity contribution in [3.8, 4) is 11.5 Å². The maximum atomic E-state index is 12.9. The summed E-state index contributed by atoms with van der Waals surface area (Å²) in [5.74, 6) is 1.27. The van der Waals surface area contributed by atoms with E-state index in [2.05, 4.69) is 20.3 Å². The molecule has 1 amide bonds. The molecule has 248 valence electrons. The first-order chi connectivity index (χ1) is 23.9. The van der Waals surface area contributed by atoms with Crippen LogP contribution in [-0.2, 0) is 10.3 Å². The molecule has 1 aliphatic carbocycles. The number of carbonyl (C=O) groups is 1. The average molecular weight is 658 g/mol. The number of carbonyl (C=O) groups excluding carboxylic acids is 1. The Labute approximate surface area is 282 Å². The van der Waals surface area contributed by atoms with Gasteiger partial charge in [0, 0.05) is 5.56 Å². The van der Waals surface area contributed by atoms with E-state index in [1.165, 1.54) is 12.7 Å². The quantitative estimate of drug-likeness (QED) is 0.171. The molecule has 0 saturated heterocycles. The van der Waals surface area contributed by atoms with E-state index >= 15 is 0 Å². The number of ether oxygens (including phenoxy) is 3. The van der Waals surface area contributed by atoms with Gasteiger partial charge in [0.25, 0.3) is 5.91 Å². The average Bonchev–Trinajstić information content (AvgIpc) is 3.71. The van der Waals surface area contributed by atoms with Gasteiger partial charge in [0.2, 0.25) is 0 Å². The number of aliphatic hydroxyl groups excluding tert-OH is 2. The largest absolute Gasteiger partial charge is 0.497 e. The molecule has 4 aromatic carbocycles. The van der Waals surface area contributed by atoms with Crippen LogP contribution in [0.15, 0.2) is 122 Å². The summed E-state index contributed by atoms with van der Waals surface area (Å²) in [5, 5.41) is 26.0. The lowest BCUT2D eigenvalue weighted by Gasteiger charge is -2.39. The molecule has 4 atom stereocenters. The Hall–Kier alpha value is -5.62. The van der Waals surface area contributed by atoms with Crippen molar-refractivity contribution in [3.05, 3.63) is 144 Å². The van der Waals surface area contributed by atoms with Gasteiger partial charge in [-0.15, -0.1) is 0 Å². The molecule has 0 radical (unpaired) electrons. The van der Waals surface area contributed by atoms with Gasteiger partial charge in [0.05, 0.1) is 32.7 Å². The van der Waals surface area contributed by atoms with Crippen molar-refractivity contribution in [3.63, 3.8) is 0 Å². The fourth-order valence-electron chi connectivity index (χ4n) is 6.57. The first-order valence-corrected chi connectivity index (χ1v) is 15.9. The highest BCUT2D eigenvalue weighted by Crippen LogP contribution is 2.46. The maximum Gasteiger partial charge on any atom is 0.256 e. The lowest BCUT2D eigenvalue weighted by atomic mass is 9.79. The van der Waals surface area contributed by atoms with Gasteiger partial charge in [-0.2, -0.15) is 0 Å². The van der Waals surface area contributed by atoms with E-state index in [4.69, 9.17) is 14.2 Å². The zero-order chi connectivity index (χ0) is 34.0. The Bertz CT molecular complexity index is 1990. The molecule has 0 aliphatic heterocycles. The number of nitrogens with zero attached hydrogens (tertiary/aromatic N) is 4. The number of aliphatic hydroxyl groups is 2. The molecule has 0 spiro atoms. The van der Waals surface area contributed by atoms with Crippen LogP contribution >= 0.6 is 0 Å². The van der Waals surface area contributed by atoms with Gasteiger partial charge in [0.1, 0.15) is 35.6 Å². The van der Waals surface area contributed by atoms with Gasteiger partial charge >= 0.3 is 0 Å². The van der Waals surface area contributed by atoms with Crippen LogP contribution in [0.2, 0.25) is 0 Å². The molecule has 11 nitrogen and oxygen atoms in total. The molecule has 2 aromatic heterocycles. The summed E-state index contributed by atoms with van der Waals surface area (Å²) < 4.78 is 19.8. The fourth-order valence-corrected chi connectivity index (χ4v) is 6.57. The second-order valence-electron chi connectivity index (χ2n) is 11.8. The molecule has 3 N–H and O–H groups in total. The van der Waals surface area contributed by atoms with Crippen LogP contribution in [0.3, 0.4) is 0 Å². The minimum Gasteiger partial charge on any atom is -0.497 e. The second kappa shape index (κ2) is 13.5. The number of aromatic nitrogens is 4. The zero-order valence-corrected chi connectivity index (χ0v) is 26.9. The standard InChI is InChI=1S/C38H35N5O6/c1-47-28-17-13-26(14-18-28)38(25-11-7-4-8-12-25,27-15-19-29(48-2)20-16-27)49-31-21-30(33(44)34(31)45)43-23-41-32-35(39-22-40-36(32)43)42-37(46)24-9-5-3-6-10-24/h3-20,22-23,30-31,33-34,44-45H,21H2,1-2H3,(H,39,40,42,46)/t30-,31+,33+,34-/m1/s1. The van der Waals surface area contributed by atoms with Crippen molar-refractivity contribution in [2.24, 2.45) is 0 Å². The number of hydrogen-bond donors (Lipinski definition) is 3. The van der Waals surface area contributed by atoms with Gasteiger partial charge in [-0.25, -0.2) is 15.0 Å². The highest BCUT2D eigenvalue weighted by Gasteiger charge is 2.49. The SMILES string of the molecule is COc1ccc(C(O[C@H]2C[C@@H](n3cnc4c(NC(=O)c5ccccc5)ncnc43)[C@H](O)[C@@H]2O)(c2ccccc2)c2ccc(OC)cc2)cc1. The molecule has 1 aliphatic rings. The summed E-state index contributed by atoms with van der Waals surface area (Å²) in [6.45, 7) is 0. The molecule has 11 heteroatoms. The third-order valence-corrected chi connectivity index (χ3v) is 9.08. The van der Waals surface area contributed by atoms with Crippen LogP contribution in [0.25, 0.3) is 11.2 Å². The van der Waals surface area contributed by atoms with Crippen LogP contribution in [0, 0.1) is 0 Å². The highest BCUT2D eigenvalue weighted by atomic mass is 16.5. The first kappa shape index (κ1) is 32.0. The van der Waals surface area contributed by atoms with Crippen LogP contribution in [0.1, 0.15) is 39.5 Å². The second-order valence-corrected chi connectivity index (χ2v) is 11.8. The van der Waals surface area contributed by atoms with Crippen LogP contribution < -0.4 is 14.8 Å². The van der Waals surface area contributed by atoms with Gasteiger partial charge in [-0.05, 0) is 59.5 Å². The number of rotatable bonds is 10. The Kier molecular flexibility index (Phi) is 8.79. The summed E-state index contributed by atoms with van der Waals surface area (Å²) in [6, 6.07) is 33.2. The third kappa shape index (κ3) is 5.88. The van der Waals surface area contributed by atoms with Crippen LogP contribution in [-0.4, -0.2) is 68.2 Å². The Morgan fingerprint density at radius 1 is 0.755 bits per heavy atom. The van der Waals surface area contributed by atoms with Gasteiger partial charge in [-0.1, -0.05) is 72.8 Å². The molecule has 49 heavy (non-hydrogen) atoms. The van der Waals surface area contributed by atoms with Gasteiger partial charge < -0.3 is 34.3 Å². The van der Waals surface area contributed by atoms with E-state index in [9.17, 15) is 15.0 Å². The summed E-state index contributed by atoms with van der Waals surface area (Å²) in [4.78, 5) is 26.1. The van der Waals surface area contributed by atoms with Crippen molar-refractivity contribution in [1.82, 2.24) is 19.5 Å². The van der Waals surface area contributed by atoms with E-state index in [1.54, 1.807) is 43.1 Å². The van der Waals surface area contributed by atoms with Crippen LogP contribution in [0.4, 0.5) is 5.82 Å². The third-order valence-electron chi connectivity index (χ3n) is 9.08. The summed E-state index contributed by atoms with van der Waals surface area (Å²) in [6.07, 6.45) is -0.217. The molecule has 7 rings (SSSR count). The monoisotopic (exact) mass is 657 g/mol. The summed E-state index contributed by atoms with van der Waals surface area (Å²) in [7, 11) is 3.22. The molecule has 1 fully saturated rings. The molecular weight excluding hydrogens is 622 g/mol. The predicted octanol–water partition coefficient (Wildman–Crippen LogP) is 5.14. The van der Waals surface area contributed by atoms with Crippen molar-refractivity contribution in [1.29, 1.82) is 0 Å². The number of amides is 1. The van der Waals surface area contributed by atoms with Gasteiger partial charge in [0.15, 0.2) is 17.0 Å². The lowest BCUT2D eigenvalue weighted by molar-refractivity contribution is -0.107. The van der Waals surface area contributed by atoms with E-state index < -0.39 is 30.0 Å². The number of hydrogen-bond acceptors (Lipinski definition) is 9. The smallest absolute Gasteiger partial charge is 0.256 e. The molecule has 1 saturated carbocycles.